The second-order valence-electron chi connectivity index (χ2n) is 7.06. The van der Waals surface area contributed by atoms with Crippen molar-refractivity contribution in [1.29, 1.82) is 0 Å². The smallest absolute Gasteiger partial charge is 0.325 e. The van der Waals surface area contributed by atoms with E-state index in [2.05, 4.69) is 36.4 Å². The number of nitrogens with zero attached hydrogens (tertiary/aromatic N) is 1. The summed E-state index contributed by atoms with van der Waals surface area (Å²) in [6.07, 6.45) is 6.71. The number of nitrogens with one attached hydrogen (secondary N) is 3. The van der Waals surface area contributed by atoms with E-state index in [4.69, 9.17) is 9.63 Å². The summed E-state index contributed by atoms with van der Waals surface area (Å²) in [5.74, 6) is 2.24. The van der Waals surface area contributed by atoms with E-state index < -0.39 is 0 Å². The van der Waals surface area contributed by atoms with Crippen molar-refractivity contribution in [3.8, 4) is 11.3 Å². The van der Waals surface area contributed by atoms with Gasteiger partial charge in [-0.25, -0.2) is 4.79 Å². The Morgan fingerprint density at radius 3 is 2.87 bits per heavy atom. The van der Waals surface area contributed by atoms with Crippen molar-refractivity contribution in [1.82, 2.24) is 20.5 Å². The Balaban J connectivity index is 0.000000316. The lowest BCUT2D eigenvalue weighted by Crippen LogP contribution is -2.30. The highest BCUT2D eigenvalue weighted by atomic mass is 79.9. The maximum Gasteiger partial charge on any atom is 0.325 e. The van der Waals surface area contributed by atoms with E-state index in [0.717, 1.165) is 41.0 Å². The number of halogens is 1. The van der Waals surface area contributed by atoms with E-state index in [1.54, 1.807) is 6.07 Å². The summed E-state index contributed by atoms with van der Waals surface area (Å²) in [5.41, 5.74) is 1.66. The van der Waals surface area contributed by atoms with Crippen LogP contribution >= 0.6 is 27.9 Å². The fraction of sp³-hybridized carbons (Fsp3) is 0.476. The zero-order valence-electron chi connectivity index (χ0n) is 17.3. The van der Waals surface area contributed by atoms with E-state index >= 15 is 0 Å². The number of urea groups is 1. The van der Waals surface area contributed by atoms with Crippen LogP contribution in [0.5, 0.6) is 0 Å². The van der Waals surface area contributed by atoms with E-state index in [0.29, 0.717) is 17.9 Å². The normalized spacial score (nSPS) is 12.5. The molecule has 0 saturated heterocycles. The molecule has 1 saturated carbocycles. The second kappa shape index (κ2) is 14.9. The van der Waals surface area contributed by atoms with Gasteiger partial charge in [0.1, 0.15) is 5.69 Å². The summed E-state index contributed by atoms with van der Waals surface area (Å²) in [4.78, 5) is 21.3. The molecular formula is C21H29BrN4O4S. The van der Waals surface area contributed by atoms with Crippen molar-refractivity contribution in [2.24, 2.45) is 5.92 Å². The number of amides is 3. The monoisotopic (exact) mass is 512 g/mol. The zero-order valence-corrected chi connectivity index (χ0v) is 19.7. The third-order valence-corrected chi connectivity index (χ3v) is 5.70. The van der Waals surface area contributed by atoms with Gasteiger partial charge in [-0.05, 0) is 49.3 Å². The van der Waals surface area contributed by atoms with Gasteiger partial charge in [0.25, 0.3) is 0 Å². The number of carbonyl (C=O) groups excluding carboxylic acids is 2. The summed E-state index contributed by atoms with van der Waals surface area (Å²) >= 11 is 4.66. The van der Waals surface area contributed by atoms with Gasteiger partial charge in [0, 0.05) is 35.0 Å². The van der Waals surface area contributed by atoms with Crippen molar-refractivity contribution in [2.45, 2.75) is 38.6 Å². The molecule has 0 aliphatic heterocycles. The first kappa shape index (κ1) is 25.2. The molecule has 0 unspecified atom stereocenters. The van der Waals surface area contributed by atoms with Crippen LogP contribution in [0.2, 0.25) is 0 Å². The van der Waals surface area contributed by atoms with Crippen LogP contribution in [-0.2, 0) is 11.3 Å². The number of aromatic nitrogens is 1. The van der Waals surface area contributed by atoms with E-state index in [-0.39, 0.29) is 19.2 Å². The first-order valence-electron chi connectivity index (χ1n) is 10.3. The average Bonchev–Trinajstić information content (AvgIpc) is 3.48. The van der Waals surface area contributed by atoms with E-state index in [9.17, 15) is 9.59 Å². The third-order valence-electron chi connectivity index (χ3n) is 4.39. The number of benzene rings is 1. The standard InChI is InChI=1S/C14H16BrN3O3S.C7H13NO/c15-11-4-1-3-10(7-11)13-8-12(21-17-13)9-16-14(20)18-22-6-2-5-19;9-6-8-5-1-2-7-3-4-7/h1,3-4,7-8,19H,2,5-6,9H2,(H2,16,18,20);6-7H,1-5H2,(H,8,9). The van der Waals surface area contributed by atoms with Crippen molar-refractivity contribution in [3.63, 3.8) is 0 Å². The Kier molecular flexibility index (Phi) is 12.1. The predicted molar refractivity (Wildman–Crippen MR) is 125 cm³/mol. The first-order chi connectivity index (χ1) is 15.1. The van der Waals surface area contributed by atoms with E-state index in [1.807, 2.05) is 24.3 Å². The van der Waals surface area contributed by atoms with Crippen LogP contribution in [0.1, 0.15) is 37.9 Å². The molecule has 10 heteroatoms. The molecule has 4 N–H and O–H groups in total. The largest absolute Gasteiger partial charge is 0.396 e. The molecule has 1 aliphatic rings. The molecule has 1 heterocycles. The van der Waals surface area contributed by atoms with Gasteiger partial charge in [-0.2, -0.15) is 0 Å². The summed E-state index contributed by atoms with van der Waals surface area (Å²) in [5, 5.41) is 18.0. The molecule has 0 bridgehead atoms. The minimum atomic E-state index is -0.302. The van der Waals surface area contributed by atoms with Gasteiger partial charge in [0.15, 0.2) is 5.76 Å². The van der Waals surface area contributed by atoms with Crippen LogP contribution < -0.4 is 15.4 Å². The quantitative estimate of drug-likeness (QED) is 0.195. The molecule has 1 fully saturated rings. The molecule has 0 radical (unpaired) electrons. The highest BCUT2D eigenvalue weighted by Gasteiger charge is 2.19. The molecule has 1 aromatic heterocycles. The van der Waals surface area contributed by atoms with Gasteiger partial charge in [0.05, 0.1) is 6.54 Å². The van der Waals surface area contributed by atoms with Gasteiger partial charge in [-0.15, -0.1) is 0 Å². The van der Waals surface area contributed by atoms with Crippen LogP contribution in [-0.4, -0.2) is 41.6 Å². The Bertz CT molecular complexity index is 801. The van der Waals surface area contributed by atoms with Crippen LogP contribution in [0, 0.1) is 5.92 Å². The Hall–Kier alpha value is -2.04. The third kappa shape index (κ3) is 11.2. The number of rotatable bonds is 12. The summed E-state index contributed by atoms with van der Waals surface area (Å²) in [6, 6.07) is 9.22. The predicted octanol–water partition coefficient (Wildman–Crippen LogP) is 3.86. The SMILES string of the molecule is O=C(NCc1cc(-c2cccc(Br)c2)no1)NSCCCO.O=CNCCCC1CC1. The van der Waals surface area contributed by atoms with Crippen LogP contribution in [0.15, 0.2) is 39.3 Å². The van der Waals surface area contributed by atoms with Gasteiger partial charge in [0.2, 0.25) is 6.41 Å². The molecule has 3 rings (SSSR count). The molecule has 31 heavy (non-hydrogen) atoms. The fourth-order valence-corrected chi connectivity index (χ4v) is 3.57. The molecular weight excluding hydrogens is 484 g/mol. The topological polar surface area (TPSA) is 116 Å². The summed E-state index contributed by atoms with van der Waals surface area (Å²) in [7, 11) is 0. The second-order valence-corrected chi connectivity index (χ2v) is 8.87. The number of carbonyl (C=O) groups is 2. The van der Waals surface area contributed by atoms with Gasteiger partial charge >= 0.3 is 6.03 Å². The highest BCUT2D eigenvalue weighted by Crippen LogP contribution is 2.33. The minimum Gasteiger partial charge on any atom is -0.396 e. The van der Waals surface area contributed by atoms with E-state index in [1.165, 1.54) is 31.2 Å². The number of hydrogen-bond acceptors (Lipinski definition) is 6. The molecule has 0 spiro atoms. The lowest BCUT2D eigenvalue weighted by Gasteiger charge is -2.04. The highest BCUT2D eigenvalue weighted by molar-refractivity contribution is 9.10. The maximum absolute atomic E-state index is 11.5. The lowest BCUT2D eigenvalue weighted by atomic mass is 10.1. The van der Waals surface area contributed by atoms with Gasteiger partial charge in [-0.1, -0.05) is 46.1 Å². The fourth-order valence-electron chi connectivity index (χ4n) is 2.60. The van der Waals surface area contributed by atoms with Gasteiger partial charge < -0.3 is 20.3 Å². The molecule has 8 nitrogen and oxygen atoms in total. The summed E-state index contributed by atoms with van der Waals surface area (Å²) in [6.45, 7) is 1.24. The lowest BCUT2D eigenvalue weighted by molar-refractivity contribution is -0.109. The summed E-state index contributed by atoms with van der Waals surface area (Å²) < 4.78 is 8.79. The van der Waals surface area contributed by atoms with Crippen molar-refractivity contribution >= 4 is 40.3 Å². The van der Waals surface area contributed by atoms with Crippen molar-refractivity contribution in [3.05, 3.63) is 40.6 Å². The average molecular weight is 513 g/mol. The Labute approximate surface area is 195 Å². The molecule has 2 aromatic rings. The van der Waals surface area contributed by atoms with Crippen molar-refractivity contribution < 1.29 is 19.2 Å². The molecule has 1 aromatic carbocycles. The van der Waals surface area contributed by atoms with Crippen LogP contribution in [0.4, 0.5) is 4.79 Å². The number of aliphatic hydroxyl groups is 1. The first-order valence-corrected chi connectivity index (χ1v) is 12.0. The minimum absolute atomic E-state index is 0.118. The Morgan fingerprint density at radius 2 is 2.16 bits per heavy atom. The van der Waals surface area contributed by atoms with Crippen LogP contribution in [0.25, 0.3) is 11.3 Å². The number of hydrogen-bond donors (Lipinski definition) is 4. The molecule has 170 valence electrons. The maximum atomic E-state index is 11.5. The molecule has 3 amide bonds. The Morgan fingerprint density at radius 1 is 1.32 bits per heavy atom. The zero-order chi connectivity index (χ0) is 22.3. The molecule has 1 aliphatic carbocycles. The molecule has 0 atom stereocenters. The van der Waals surface area contributed by atoms with Gasteiger partial charge in [-0.3, -0.25) is 9.52 Å². The number of aliphatic hydroxyl groups excluding tert-OH is 1. The van der Waals surface area contributed by atoms with Crippen molar-refractivity contribution in [2.75, 3.05) is 18.9 Å². The van der Waals surface area contributed by atoms with Crippen LogP contribution in [0.3, 0.4) is 0 Å².